The van der Waals surface area contributed by atoms with Gasteiger partial charge in [-0.2, -0.15) is 0 Å². The number of hydrogen-bond donors (Lipinski definition) is 1. The lowest BCUT2D eigenvalue weighted by molar-refractivity contribution is -0.213. The van der Waals surface area contributed by atoms with Crippen molar-refractivity contribution in [2.75, 3.05) is 6.61 Å². The SMILES string of the molecule is CC1(C)O[C@@H]2[C@@H](OCc3ccccc3)[C@@H](OCc3ccccc3)[C@@H](CO[Si](C)(C)C(C)(C)C)[C@@H](O)[C@@H]2O1. The average molecular weight is 529 g/mol. The molecule has 1 saturated carbocycles. The number of fused-ring (bicyclic) bond motifs is 1. The van der Waals surface area contributed by atoms with Gasteiger partial charge in [0, 0.05) is 12.5 Å². The van der Waals surface area contributed by atoms with Gasteiger partial charge in [-0.25, -0.2) is 0 Å². The summed E-state index contributed by atoms with van der Waals surface area (Å²) in [7, 11) is -2.07. The summed E-state index contributed by atoms with van der Waals surface area (Å²) in [6, 6.07) is 20.2. The molecule has 6 nitrogen and oxygen atoms in total. The van der Waals surface area contributed by atoms with Crippen LogP contribution in [0.1, 0.15) is 45.7 Å². The number of benzene rings is 2. The Balaban J connectivity index is 1.63. The molecule has 7 heteroatoms. The van der Waals surface area contributed by atoms with Crippen molar-refractivity contribution in [1.29, 1.82) is 0 Å². The van der Waals surface area contributed by atoms with Gasteiger partial charge in [-0.1, -0.05) is 81.4 Å². The van der Waals surface area contributed by atoms with E-state index in [0.717, 1.165) is 11.1 Å². The van der Waals surface area contributed by atoms with Crippen molar-refractivity contribution >= 4 is 8.32 Å². The monoisotopic (exact) mass is 528 g/mol. The molecule has 4 rings (SSSR count). The molecule has 0 bridgehead atoms. The molecule has 0 unspecified atom stereocenters. The lowest BCUT2D eigenvalue weighted by atomic mass is 9.78. The van der Waals surface area contributed by atoms with Gasteiger partial charge in [-0.05, 0) is 43.1 Å². The molecule has 1 heterocycles. The smallest absolute Gasteiger partial charge is 0.191 e. The van der Waals surface area contributed by atoms with Gasteiger partial charge in [0.1, 0.15) is 18.3 Å². The minimum atomic E-state index is -2.07. The van der Waals surface area contributed by atoms with Crippen LogP contribution in [0.25, 0.3) is 0 Å². The van der Waals surface area contributed by atoms with Crippen LogP contribution in [0.3, 0.4) is 0 Å². The maximum absolute atomic E-state index is 11.6. The van der Waals surface area contributed by atoms with Crippen molar-refractivity contribution in [2.45, 2.75) is 102 Å². The van der Waals surface area contributed by atoms with E-state index in [4.69, 9.17) is 23.4 Å². The zero-order valence-electron chi connectivity index (χ0n) is 23.3. The van der Waals surface area contributed by atoms with Gasteiger partial charge in [0.05, 0.1) is 25.4 Å². The molecule has 0 aromatic heterocycles. The minimum absolute atomic E-state index is 0.0493. The van der Waals surface area contributed by atoms with Crippen LogP contribution >= 0.6 is 0 Å². The molecule has 6 atom stereocenters. The summed E-state index contributed by atoms with van der Waals surface area (Å²) in [6.45, 7) is 16.1. The Morgan fingerprint density at radius 1 is 0.811 bits per heavy atom. The second-order valence-corrected chi connectivity index (χ2v) is 17.1. The molecule has 0 radical (unpaired) electrons. The highest BCUT2D eigenvalue weighted by molar-refractivity contribution is 6.74. The first-order valence-corrected chi connectivity index (χ1v) is 16.3. The molecule has 2 aromatic carbocycles. The van der Waals surface area contributed by atoms with E-state index in [-0.39, 0.29) is 11.0 Å². The van der Waals surface area contributed by atoms with Crippen LogP contribution in [0.5, 0.6) is 0 Å². The van der Waals surface area contributed by atoms with E-state index in [1.54, 1.807) is 0 Å². The predicted molar refractivity (Wildman–Crippen MR) is 147 cm³/mol. The fourth-order valence-electron chi connectivity index (χ4n) is 4.86. The summed E-state index contributed by atoms with van der Waals surface area (Å²) in [6.07, 6.45) is -2.68. The summed E-state index contributed by atoms with van der Waals surface area (Å²) in [4.78, 5) is 0. The van der Waals surface area contributed by atoms with Gasteiger partial charge in [-0.3, -0.25) is 0 Å². The zero-order chi connectivity index (χ0) is 26.8. The van der Waals surface area contributed by atoms with Gasteiger partial charge in [-0.15, -0.1) is 0 Å². The molecule has 1 N–H and O–H groups in total. The lowest BCUT2D eigenvalue weighted by Gasteiger charge is -2.47. The molecular formula is C30H44O6Si. The van der Waals surface area contributed by atoms with Crippen molar-refractivity contribution in [3.8, 4) is 0 Å². The second-order valence-electron chi connectivity index (χ2n) is 12.3. The third-order valence-corrected chi connectivity index (χ3v) is 12.5. The molecule has 0 spiro atoms. The molecule has 1 aliphatic carbocycles. The number of aliphatic hydroxyl groups excluding tert-OH is 1. The normalized spacial score (nSPS) is 29.7. The summed E-state index contributed by atoms with van der Waals surface area (Å²) >= 11 is 0. The summed E-state index contributed by atoms with van der Waals surface area (Å²) in [5.74, 6) is -1.17. The van der Waals surface area contributed by atoms with Crippen LogP contribution in [0, 0.1) is 5.92 Å². The van der Waals surface area contributed by atoms with Gasteiger partial charge in [0.25, 0.3) is 0 Å². The maximum atomic E-state index is 11.6. The molecule has 1 aliphatic heterocycles. The third kappa shape index (κ3) is 6.71. The van der Waals surface area contributed by atoms with Gasteiger partial charge in [0.2, 0.25) is 0 Å². The van der Waals surface area contributed by atoms with Gasteiger partial charge in [0.15, 0.2) is 14.1 Å². The molecule has 2 fully saturated rings. The first-order valence-electron chi connectivity index (χ1n) is 13.4. The Bertz CT molecular complexity index is 990. The van der Waals surface area contributed by atoms with Gasteiger partial charge < -0.3 is 28.5 Å². The number of rotatable bonds is 9. The Kier molecular flexibility index (Phi) is 8.65. The highest BCUT2D eigenvalue weighted by atomic mass is 28.4. The van der Waals surface area contributed by atoms with Gasteiger partial charge >= 0.3 is 0 Å². The summed E-state index contributed by atoms with van der Waals surface area (Å²) in [5, 5.41) is 11.7. The first kappa shape index (κ1) is 28.4. The maximum Gasteiger partial charge on any atom is 0.191 e. The Morgan fingerprint density at radius 2 is 1.30 bits per heavy atom. The van der Waals surface area contributed by atoms with Crippen LogP contribution in [0.4, 0.5) is 0 Å². The van der Waals surface area contributed by atoms with Crippen molar-refractivity contribution in [3.63, 3.8) is 0 Å². The fourth-order valence-corrected chi connectivity index (χ4v) is 5.90. The Labute approximate surface area is 223 Å². The molecule has 2 aliphatic rings. The number of aliphatic hydroxyl groups is 1. The Hall–Kier alpha value is -1.58. The van der Waals surface area contributed by atoms with Crippen molar-refractivity contribution in [3.05, 3.63) is 71.8 Å². The topological polar surface area (TPSA) is 66.4 Å². The lowest BCUT2D eigenvalue weighted by Crippen LogP contribution is -2.63. The van der Waals surface area contributed by atoms with E-state index in [0.29, 0.717) is 19.8 Å². The quantitative estimate of drug-likeness (QED) is 0.422. The molecule has 0 amide bonds. The first-order chi connectivity index (χ1) is 17.4. The van der Waals surface area contributed by atoms with E-state index in [2.05, 4.69) is 33.9 Å². The fraction of sp³-hybridized carbons (Fsp3) is 0.600. The van der Waals surface area contributed by atoms with E-state index in [9.17, 15) is 5.11 Å². The Morgan fingerprint density at radius 3 is 1.81 bits per heavy atom. The largest absolute Gasteiger partial charge is 0.416 e. The molecular weight excluding hydrogens is 484 g/mol. The van der Waals surface area contributed by atoms with E-state index < -0.39 is 44.6 Å². The minimum Gasteiger partial charge on any atom is -0.416 e. The molecule has 1 saturated heterocycles. The van der Waals surface area contributed by atoms with Crippen LogP contribution in [-0.4, -0.2) is 56.3 Å². The number of hydrogen-bond acceptors (Lipinski definition) is 6. The van der Waals surface area contributed by atoms with Crippen molar-refractivity contribution in [2.24, 2.45) is 5.92 Å². The summed E-state index contributed by atoms with van der Waals surface area (Å²) in [5.41, 5.74) is 2.13. The average Bonchev–Trinajstić information content (AvgIpc) is 3.17. The van der Waals surface area contributed by atoms with Crippen LogP contribution in [0.15, 0.2) is 60.7 Å². The molecule has 2 aromatic rings. The van der Waals surface area contributed by atoms with E-state index in [1.165, 1.54) is 0 Å². The van der Waals surface area contributed by atoms with Crippen molar-refractivity contribution < 1.29 is 28.5 Å². The number of ether oxygens (including phenoxy) is 4. The third-order valence-electron chi connectivity index (χ3n) is 8.02. The van der Waals surface area contributed by atoms with Crippen LogP contribution < -0.4 is 0 Å². The summed E-state index contributed by atoms with van der Waals surface area (Å²) < 4.78 is 32.4. The highest BCUT2D eigenvalue weighted by Crippen LogP contribution is 2.44. The van der Waals surface area contributed by atoms with Crippen LogP contribution in [0.2, 0.25) is 18.1 Å². The van der Waals surface area contributed by atoms with Crippen LogP contribution in [-0.2, 0) is 36.6 Å². The molecule has 204 valence electrons. The molecule has 37 heavy (non-hydrogen) atoms. The zero-order valence-corrected chi connectivity index (χ0v) is 24.3. The second kappa shape index (κ2) is 11.3. The predicted octanol–water partition coefficient (Wildman–Crippen LogP) is 5.69. The van der Waals surface area contributed by atoms with Crippen molar-refractivity contribution in [1.82, 2.24) is 0 Å². The highest BCUT2D eigenvalue weighted by Gasteiger charge is 2.59. The standard InChI is InChI=1S/C30H44O6Si/c1-29(2,3)37(6,7)34-20-23-24(31)26-28(36-30(4,5)35-26)27(33-19-22-16-12-9-13-17-22)25(23)32-18-21-14-10-8-11-15-21/h8-17,23-28,31H,18-20H2,1-7H3/t23-,24+,25-,26-,27-,28-/m0/s1. The van der Waals surface area contributed by atoms with E-state index >= 15 is 0 Å². The van der Waals surface area contributed by atoms with E-state index in [1.807, 2.05) is 74.5 Å².